The van der Waals surface area contributed by atoms with Crippen molar-refractivity contribution in [2.45, 2.75) is 32.1 Å². The van der Waals surface area contributed by atoms with E-state index in [2.05, 4.69) is 0 Å². The van der Waals surface area contributed by atoms with Crippen molar-refractivity contribution >= 4 is 5.97 Å². The minimum atomic E-state index is -0.889. The molecule has 1 aromatic rings. The van der Waals surface area contributed by atoms with E-state index < -0.39 is 11.4 Å². The molecule has 0 spiro atoms. The Labute approximate surface area is 113 Å². The summed E-state index contributed by atoms with van der Waals surface area (Å²) in [6.45, 7) is 4.87. The first kappa shape index (κ1) is 13.9. The number of aryl methyl sites for hydroxylation is 2. The van der Waals surface area contributed by atoms with Gasteiger partial charge in [-0.2, -0.15) is 0 Å². The molecule has 4 nitrogen and oxygen atoms in total. The van der Waals surface area contributed by atoms with E-state index in [-0.39, 0.29) is 0 Å². The summed E-state index contributed by atoms with van der Waals surface area (Å²) in [4.78, 5) is 11.9. The summed E-state index contributed by atoms with van der Waals surface area (Å²) < 4.78 is 10.8. The van der Waals surface area contributed by atoms with Gasteiger partial charge in [0, 0.05) is 18.8 Å². The highest BCUT2D eigenvalue weighted by Gasteiger charge is 2.44. The van der Waals surface area contributed by atoms with Crippen molar-refractivity contribution in [2.24, 2.45) is 0 Å². The lowest BCUT2D eigenvalue weighted by molar-refractivity contribution is -0.147. The van der Waals surface area contributed by atoms with Gasteiger partial charge >= 0.3 is 5.97 Å². The molecule has 1 fully saturated rings. The van der Waals surface area contributed by atoms with Gasteiger partial charge in [-0.25, -0.2) is 0 Å². The summed E-state index contributed by atoms with van der Waals surface area (Å²) in [6.07, 6.45) is 0.975. The minimum Gasteiger partial charge on any atom is -0.496 e. The molecule has 1 aliphatic rings. The van der Waals surface area contributed by atoms with Crippen LogP contribution in [0.3, 0.4) is 0 Å². The SMILES string of the molecule is COc1c(C)cc(C)cc1C1(C(=O)O)CCOCC1. The highest BCUT2D eigenvalue weighted by Crippen LogP contribution is 2.42. The third-order valence-corrected chi connectivity index (χ3v) is 3.89. The average molecular weight is 264 g/mol. The summed E-state index contributed by atoms with van der Waals surface area (Å²) in [7, 11) is 1.59. The van der Waals surface area contributed by atoms with Crippen molar-refractivity contribution in [2.75, 3.05) is 20.3 Å². The van der Waals surface area contributed by atoms with Crippen LogP contribution >= 0.6 is 0 Å². The van der Waals surface area contributed by atoms with E-state index >= 15 is 0 Å². The second-order valence-corrected chi connectivity index (χ2v) is 5.16. The molecule has 104 valence electrons. The van der Waals surface area contributed by atoms with E-state index in [1.165, 1.54) is 0 Å². The highest BCUT2D eigenvalue weighted by atomic mass is 16.5. The van der Waals surface area contributed by atoms with Gasteiger partial charge in [0.05, 0.1) is 7.11 Å². The molecule has 19 heavy (non-hydrogen) atoms. The van der Waals surface area contributed by atoms with E-state index in [0.717, 1.165) is 16.7 Å². The zero-order chi connectivity index (χ0) is 14.0. The third-order valence-electron chi connectivity index (χ3n) is 3.89. The predicted molar refractivity (Wildman–Crippen MR) is 71.8 cm³/mol. The molecule has 0 amide bonds. The van der Waals surface area contributed by atoms with Gasteiger partial charge in [0.2, 0.25) is 0 Å². The lowest BCUT2D eigenvalue weighted by Crippen LogP contribution is -2.41. The molecule has 1 aliphatic heterocycles. The molecule has 1 heterocycles. The largest absolute Gasteiger partial charge is 0.496 e. The molecule has 1 saturated heterocycles. The van der Waals surface area contributed by atoms with Crippen molar-refractivity contribution in [1.82, 2.24) is 0 Å². The Morgan fingerprint density at radius 3 is 2.47 bits per heavy atom. The normalized spacial score (nSPS) is 18.1. The summed E-state index contributed by atoms with van der Waals surface area (Å²) in [5, 5.41) is 9.73. The summed E-state index contributed by atoms with van der Waals surface area (Å²) in [6, 6.07) is 3.95. The van der Waals surface area contributed by atoms with Crippen molar-refractivity contribution in [3.63, 3.8) is 0 Å². The number of hydrogen-bond donors (Lipinski definition) is 1. The number of methoxy groups -OCH3 is 1. The fourth-order valence-corrected chi connectivity index (χ4v) is 2.90. The van der Waals surface area contributed by atoms with Crippen LogP contribution in [0.25, 0.3) is 0 Å². The van der Waals surface area contributed by atoms with Crippen LogP contribution < -0.4 is 4.74 Å². The molecule has 0 radical (unpaired) electrons. The monoisotopic (exact) mass is 264 g/mol. The highest BCUT2D eigenvalue weighted by molar-refractivity contribution is 5.83. The molecule has 0 unspecified atom stereocenters. The van der Waals surface area contributed by atoms with Crippen molar-refractivity contribution < 1.29 is 19.4 Å². The van der Waals surface area contributed by atoms with Crippen LogP contribution in [0.2, 0.25) is 0 Å². The van der Waals surface area contributed by atoms with E-state index in [4.69, 9.17) is 9.47 Å². The van der Waals surface area contributed by atoms with Crippen molar-refractivity contribution in [3.8, 4) is 5.75 Å². The van der Waals surface area contributed by atoms with Gasteiger partial charge in [-0.3, -0.25) is 4.79 Å². The Kier molecular flexibility index (Phi) is 3.80. The number of carboxylic acids is 1. The standard InChI is InChI=1S/C15H20O4/c1-10-8-11(2)13(18-3)12(9-10)15(14(16)17)4-6-19-7-5-15/h8-9H,4-7H2,1-3H3,(H,16,17). The second-order valence-electron chi connectivity index (χ2n) is 5.16. The van der Waals surface area contributed by atoms with Gasteiger partial charge in [-0.15, -0.1) is 0 Å². The van der Waals surface area contributed by atoms with Gasteiger partial charge in [-0.1, -0.05) is 17.7 Å². The van der Waals surface area contributed by atoms with Gasteiger partial charge in [0.15, 0.2) is 0 Å². The summed E-state index contributed by atoms with van der Waals surface area (Å²) >= 11 is 0. The topological polar surface area (TPSA) is 55.8 Å². The number of rotatable bonds is 3. The maximum absolute atomic E-state index is 11.9. The zero-order valence-corrected chi connectivity index (χ0v) is 11.7. The maximum atomic E-state index is 11.9. The first-order valence-corrected chi connectivity index (χ1v) is 6.48. The Bertz CT molecular complexity index is 487. The molecule has 0 aliphatic carbocycles. The molecular weight excluding hydrogens is 244 g/mol. The third kappa shape index (κ3) is 2.32. The molecule has 2 rings (SSSR count). The van der Waals surface area contributed by atoms with Crippen LogP contribution in [0.1, 0.15) is 29.5 Å². The van der Waals surface area contributed by atoms with Crippen LogP contribution in [0.4, 0.5) is 0 Å². The fourth-order valence-electron chi connectivity index (χ4n) is 2.90. The predicted octanol–water partition coefficient (Wildman–Crippen LogP) is 2.44. The first-order valence-electron chi connectivity index (χ1n) is 6.48. The lowest BCUT2D eigenvalue weighted by atomic mass is 9.73. The smallest absolute Gasteiger partial charge is 0.314 e. The second kappa shape index (κ2) is 5.21. The molecule has 4 heteroatoms. The molecule has 1 N–H and O–H groups in total. The zero-order valence-electron chi connectivity index (χ0n) is 11.7. The number of aliphatic carboxylic acids is 1. The summed E-state index contributed by atoms with van der Waals surface area (Å²) in [5.74, 6) is -0.103. The number of ether oxygens (including phenoxy) is 2. The van der Waals surface area contributed by atoms with Crippen LogP contribution in [0, 0.1) is 13.8 Å². The number of hydrogen-bond acceptors (Lipinski definition) is 3. The quantitative estimate of drug-likeness (QED) is 0.911. The molecule has 0 aromatic heterocycles. The van der Waals surface area contributed by atoms with Gasteiger partial charge in [0.25, 0.3) is 0 Å². The van der Waals surface area contributed by atoms with E-state index in [1.807, 2.05) is 26.0 Å². The van der Waals surface area contributed by atoms with Crippen LogP contribution in [-0.2, 0) is 14.9 Å². The van der Waals surface area contributed by atoms with Gasteiger partial charge < -0.3 is 14.6 Å². The maximum Gasteiger partial charge on any atom is 0.314 e. The number of benzene rings is 1. The minimum absolute atomic E-state index is 0.475. The Balaban J connectivity index is 2.62. The van der Waals surface area contributed by atoms with E-state index in [1.54, 1.807) is 7.11 Å². The molecular formula is C15H20O4. The lowest BCUT2D eigenvalue weighted by Gasteiger charge is -2.35. The van der Waals surface area contributed by atoms with Crippen LogP contribution in [0.15, 0.2) is 12.1 Å². The summed E-state index contributed by atoms with van der Waals surface area (Å²) in [5.41, 5.74) is 1.92. The number of carbonyl (C=O) groups is 1. The van der Waals surface area contributed by atoms with Crippen molar-refractivity contribution in [3.05, 3.63) is 28.8 Å². The van der Waals surface area contributed by atoms with Gasteiger partial charge in [-0.05, 0) is 32.3 Å². The molecule has 0 saturated carbocycles. The first-order chi connectivity index (χ1) is 9.01. The molecule has 1 aromatic carbocycles. The molecule has 0 bridgehead atoms. The average Bonchev–Trinajstić information content (AvgIpc) is 2.38. The van der Waals surface area contributed by atoms with E-state index in [9.17, 15) is 9.90 Å². The molecule has 0 atom stereocenters. The van der Waals surface area contributed by atoms with E-state index in [0.29, 0.717) is 31.8 Å². The Hall–Kier alpha value is -1.55. The fraction of sp³-hybridized carbons (Fsp3) is 0.533. The van der Waals surface area contributed by atoms with Gasteiger partial charge in [0.1, 0.15) is 11.2 Å². The number of carboxylic acid groups (broad SMARTS) is 1. The van der Waals surface area contributed by atoms with Crippen LogP contribution in [-0.4, -0.2) is 31.4 Å². The van der Waals surface area contributed by atoms with Crippen LogP contribution in [0.5, 0.6) is 5.75 Å². The Morgan fingerprint density at radius 2 is 1.95 bits per heavy atom. The Morgan fingerprint density at radius 1 is 1.32 bits per heavy atom. The van der Waals surface area contributed by atoms with Crippen molar-refractivity contribution in [1.29, 1.82) is 0 Å².